The van der Waals surface area contributed by atoms with Crippen LogP contribution in [0.15, 0.2) is 0 Å². The van der Waals surface area contributed by atoms with Crippen molar-refractivity contribution in [3.63, 3.8) is 0 Å². The molecular weight excluding hydrogens is 222 g/mol. The van der Waals surface area contributed by atoms with Crippen LogP contribution in [0.4, 0.5) is 0 Å². The van der Waals surface area contributed by atoms with Gasteiger partial charge in [-0.2, -0.15) is 0 Å². The highest BCUT2D eigenvalue weighted by molar-refractivity contribution is 5.89. The maximum atomic E-state index is 12.1. The lowest BCUT2D eigenvalue weighted by Gasteiger charge is -2.40. The van der Waals surface area contributed by atoms with Gasteiger partial charge in [0.15, 0.2) is 0 Å². The fourth-order valence-electron chi connectivity index (χ4n) is 2.31. The second-order valence-electron chi connectivity index (χ2n) is 5.20. The van der Waals surface area contributed by atoms with Crippen molar-refractivity contribution in [2.75, 3.05) is 19.7 Å². The van der Waals surface area contributed by atoms with E-state index >= 15 is 0 Å². The second kappa shape index (κ2) is 4.29. The molecule has 0 aromatic carbocycles. The third-order valence-electron chi connectivity index (χ3n) is 3.82. The van der Waals surface area contributed by atoms with Crippen LogP contribution in [0.25, 0.3) is 0 Å². The minimum Gasteiger partial charge on any atom is -0.481 e. The molecule has 2 fully saturated rings. The fourth-order valence-corrected chi connectivity index (χ4v) is 2.31. The second-order valence-corrected chi connectivity index (χ2v) is 5.20. The van der Waals surface area contributed by atoms with Gasteiger partial charge in [-0.25, -0.2) is 0 Å². The van der Waals surface area contributed by atoms with Crippen LogP contribution in [-0.2, 0) is 14.3 Å². The Bertz CT molecular complexity index is 343. The first-order valence-corrected chi connectivity index (χ1v) is 6.12. The first-order chi connectivity index (χ1) is 7.97. The standard InChI is InChI=1S/C12H19NO4/c1-3-12(2)7-13(4-5-17-12)10(14)8-6-9(8)11(15)16/h8-9H,3-7H2,1-2H3,(H,15,16). The molecule has 5 nitrogen and oxygen atoms in total. The van der Waals surface area contributed by atoms with E-state index in [-0.39, 0.29) is 17.4 Å². The Morgan fingerprint density at radius 3 is 2.71 bits per heavy atom. The summed E-state index contributed by atoms with van der Waals surface area (Å²) in [7, 11) is 0. The first kappa shape index (κ1) is 12.4. The molecule has 0 radical (unpaired) electrons. The van der Waals surface area contributed by atoms with E-state index in [0.29, 0.717) is 26.1 Å². The topological polar surface area (TPSA) is 66.8 Å². The van der Waals surface area contributed by atoms with E-state index in [2.05, 4.69) is 0 Å². The van der Waals surface area contributed by atoms with Crippen molar-refractivity contribution in [2.24, 2.45) is 11.8 Å². The molecule has 0 aromatic heterocycles. The lowest BCUT2D eigenvalue weighted by Crippen LogP contribution is -2.52. The molecule has 0 aromatic rings. The quantitative estimate of drug-likeness (QED) is 0.791. The van der Waals surface area contributed by atoms with Crippen molar-refractivity contribution in [2.45, 2.75) is 32.3 Å². The Labute approximate surface area is 101 Å². The van der Waals surface area contributed by atoms with Gasteiger partial charge in [-0.3, -0.25) is 9.59 Å². The number of hydrogen-bond acceptors (Lipinski definition) is 3. The SMILES string of the molecule is CCC1(C)CN(C(=O)C2CC2C(=O)O)CCO1. The summed E-state index contributed by atoms with van der Waals surface area (Å²) >= 11 is 0. The largest absolute Gasteiger partial charge is 0.481 e. The van der Waals surface area contributed by atoms with Crippen LogP contribution in [0.2, 0.25) is 0 Å². The summed E-state index contributed by atoms with van der Waals surface area (Å²) in [5.74, 6) is -1.62. The van der Waals surface area contributed by atoms with Crippen LogP contribution < -0.4 is 0 Å². The summed E-state index contributed by atoms with van der Waals surface area (Å²) in [5, 5.41) is 8.82. The number of hydrogen-bond donors (Lipinski definition) is 1. The van der Waals surface area contributed by atoms with Gasteiger partial charge < -0.3 is 14.7 Å². The van der Waals surface area contributed by atoms with Crippen LogP contribution >= 0.6 is 0 Å². The molecule has 1 saturated heterocycles. The molecule has 1 saturated carbocycles. The van der Waals surface area contributed by atoms with Crippen molar-refractivity contribution in [3.8, 4) is 0 Å². The average Bonchev–Trinajstić information content (AvgIpc) is 3.08. The third-order valence-corrected chi connectivity index (χ3v) is 3.82. The maximum Gasteiger partial charge on any atom is 0.307 e. The fraction of sp³-hybridized carbons (Fsp3) is 0.833. The predicted molar refractivity (Wildman–Crippen MR) is 60.5 cm³/mol. The van der Waals surface area contributed by atoms with E-state index in [9.17, 15) is 9.59 Å². The van der Waals surface area contributed by atoms with Gasteiger partial charge in [0.05, 0.1) is 24.0 Å². The van der Waals surface area contributed by atoms with E-state index in [1.54, 1.807) is 4.90 Å². The number of nitrogens with zero attached hydrogens (tertiary/aromatic N) is 1. The van der Waals surface area contributed by atoms with Crippen LogP contribution in [0, 0.1) is 11.8 Å². The Hall–Kier alpha value is -1.10. The average molecular weight is 241 g/mol. The summed E-state index contributed by atoms with van der Waals surface area (Å²) in [6.45, 7) is 5.72. The number of rotatable bonds is 3. The zero-order valence-electron chi connectivity index (χ0n) is 10.3. The molecule has 1 aliphatic heterocycles. The Kier molecular flexibility index (Phi) is 3.12. The Morgan fingerprint density at radius 1 is 1.47 bits per heavy atom. The number of carbonyl (C=O) groups is 2. The van der Waals surface area contributed by atoms with Gasteiger partial charge in [0.1, 0.15) is 0 Å². The van der Waals surface area contributed by atoms with Crippen molar-refractivity contribution in [1.82, 2.24) is 4.90 Å². The van der Waals surface area contributed by atoms with Crippen LogP contribution in [-0.4, -0.2) is 47.2 Å². The minimum absolute atomic E-state index is 0.0135. The zero-order valence-corrected chi connectivity index (χ0v) is 10.3. The summed E-state index contributed by atoms with van der Waals surface area (Å²) in [6.07, 6.45) is 1.35. The lowest BCUT2D eigenvalue weighted by molar-refractivity contribution is -0.151. The monoisotopic (exact) mass is 241 g/mol. The number of ether oxygens (including phenoxy) is 1. The number of amides is 1. The minimum atomic E-state index is -0.852. The van der Waals surface area contributed by atoms with Gasteiger partial charge in [0.25, 0.3) is 0 Å². The molecule has 1 aliphatic carbocycles. The number of aliphatic carboxylic acids is 1. The summed E-state index contributed by atoms with van der Waals surface area (Å²) in [4.78, 5) is 24.6. The molecular formula is C12H19NO4. The van der Waals surface area contributed by atoms with Gasteiger partial charge in [0, 0.05) is 13.1 Å². The van der Waals surface area contributed by atoms with Crippen LogP contribution in [0.3, 0.4) is 0 Å². The smallest absolute Gasteiger partial charge is 0.307 e. The van der Waals surface area contributed by atoms with E-state index in [1.165, 1.54) is 0 Å². The molecule has 0 bridgehead atoms. The van der Waals surface area contributed by atoms with Crippen molar-refractivity contribution >= 4 is 11.9 Å². The normalized spacial score (nSPS) is 36.7. The molecule has 5 heteroatoms. The highest BCUT2D eigenvalue weighted by atomic mass is 16.5. The van der Waals surface area contributed by atoms with Gasteiger partial charge in [-0.1, -0.05) is 6.92 Å². The van der Waals surface area contributed by atoms with E-state index in [1.807, 2.05) is 13.8 Å². The van der Waals surface area contributed by atoms with Crippen molar-refractivity contribution in [3.05, 3.63) is 0 Å². The molecule has 2 rings (SSSR count). The molecule has 1 N–H and O–H groups in total. The first-order valence-electron chi connectivity index (χ1n) is 6.12. The predicted octanol–water partition coefficient (Wildman–Crippen LogP) is 0.735. The van der Waals surface area contributed by atoms with Gasteiger partial charge in [-0.05, 0) is 19.8 Å². The van der Waals surface area contributed by atoms with Gasteiger partial charge >= 0.3 is 5.97 Å². The number of carboxylic acid groups (broad SMARTS) is 1. The summed E-state index contributed by atoms with van der Waals surface area (Å²) in [6, 6.07) is 0. The van der Waals surface area contributed by atoms with Gasteiger partial charge in [0.2, 0.25) is 5.91 Å². The van der Waals surface area contributed by atoms with Crippen molar-refractivity contribution < 1.29 is 19.4 Å². The molecule has 96 valence electrons. The van der Waals surface area contributed by atoms with E-state index in [4.69, 9.17) is 9.84 Å². The van der Waals surface area contributed by atoms with Gasteiger partial charge in [-0.15, -0.1) is 0 Å². The van der Waals surface area contributed by atoms with Crippen molar-refractivity contribution in [1.29, 1.82) is 0 Å². The molecule has 2 aliphatic rings. The van der Waals surface area contributed by atoms with E-state index < -0.39 is 11.9 Å². The molecule has 1 heterocycles. The number of morpholine rings is 1. The molecule has 3 atom stereocenters. The molecule has 1 amide bonds. The lowest BCUT2D eigenvalue weighted by atomic mass is 10.0. The highest BCUT2D eigenvalue weighted by Gasteiger charge is 2.50. The number of carboxylic acids is 1. The third kappa shape index (κ3) is 2.44. The van der Waals surface area contributed by atoms with E-state index in [0.717, 1.165) is 6.42 Å². The Balaban J connectivity index is 1.95. The number of carbonyl (C=O) groups excluding carboxylic acids is 1. The molecule has 3 unspecified atom stereocenters. The zero-order chi connectivity index (χ0) is 12.6. The van der Waals surface area contributed by atoms with Crippen LogP contribution in [0.1, 0.15) is 26.7 Å². The summed E-state index contributed by atoms with van der Waals surface area (Å²) in [5.41, 5.74) is -0.276. The Morgan fingerprint density at radius 2 is 2.18 bits per heavy atom. The molecule has 0 spiro atoms. The maximum absolute atomic E-state index is 12.1. The molecule has 17 heavy (non-hydrogen) atoms. The van der Waals surface area contributed by atoms with Crippen LogP contribution in [0.5, 0.6) is 0 Å². The summed E-state index contributed by atoms with van der Waals surface area (Å²) < 4.78 is 5.66. The highest BCUT2D eigenvalue weighted by Crippen LogP contribution is 2.40.